The molecule has 0 saturated carbocycles. The number of alkyl halides is 1. The lowest BCUT2D eigenvalue weighted by molar-refractivity contribution is 0.0221. The number of ether oxygens (including phenoxy) is 3. The number of likely N-dealkylation sites (tertiary alicyclic amines) is 1. The summed E-state index contributed by atoms with van der Waals surface area (Å²) in [4.78, 5) is 29.4. The number of amides is 1. The highest BCUT2D eigenvalue weighted by Crippen LogP contribution is 2.46. The standard InChI is InChI=1S/C43H49Cl2FN4O5/c1-7-33-37(38(47-48(33)6)34-16-12-24-49(34)42(52)55-43(3,4)5)36-32(45)21-20-31-30(40(41(51)53-8-2)50(39(31)36)23-10-9-22-44)15-13-25-54-35-17-11-14-27-26-28(46)18-19-29(27)35/h9-11,14,17-21,26,34H,7-8,12-13,15-16,22-25H2,1-6H3/b10-9-. The third kappa shape index (κ3) is 8.36. The molecule has 55 heavy (non-hydrogen) atoms. The van der Waals surface area contributed by atoms with E-state index < -0.39 is 11.6 Å². The molecule has 12 heteroatoms. The molecule has 3 aromatic carbocycles. The van der Waals surface area contributed by atoms with Crippen LogP contribution in [-0.4, -0.2) is 62.5 Å². The molecule has 1 unspecified atom stereocenters. The van der Waals surface area contributed by atoms with E-state index in [1.807, 2.05) is 79.6 Å². The third-order valence-electron chi connectivity index (χ3n) is 9.90. The summed E-state index contributed by atoms with van der Waals surface area (Å²) in [7, 11) is 1.91. The lowest BCUT2D eigenvalue weighted by Crippen LogP contribution is -2.36. The average Bonchev–Trinajstić information content (AvgIpc) is 3.83. The number of hydrogen-bond donors (Lipinski definition) is 0. The van der Waals surface area contributed by atoms with E-state index in [4.69, 9.17) is 42.5 Å². The molecule has 6 rings (SSSR count). The quantitative estimate of drug-likeness (QED) is 0.0511. The van der Waals surface area contributed by atoms with Crippen LogP contribution in [0.15, 0.2) is 60.7 Å². The van der Waals surface area contributed by atoms with Crippen molar-refractivity contribution in [3.8, 4) is 16.9 Å². The van der Waals surface area contributed by atoms with Crippen molar-refractivity contribution in [2.24, 2.45) is 7.05 Å². The number of benzene rings is 3. The van der Waals surface area contributed by atoms with Crippen LogP contribution in [0.1, 0.15) is 87.4 Å². The second-order valence-electron chi connectivity index (χ2n) is 14.7. The van der Waals surface area contributed by atoms with Gasteiger partial charge in [-0.05, 0) is 101 Å². The van der Waals surface area contributed by atoms with Gasteiger partial charge in [0, 0.05) is 53.6 Å². The predicted octanol–water partition coefficient (Wildman–Crippen LogP) is 10.6. The highest BCUT2D eigenvalue weighted by Gasteiger charge is 2.38. The molecule has 2 aromatic heterocycles. The van der Waals surface area contributed by atoms with Crippen LogP contribution in [-0.2, 0) is 35.9 Å². The summed E-state index contributed by atoms with van der Waals surface area (Å²) >= 11 is 13.4. The lowest BCUT2D eigenvalue weighted by Gasteiger charge is -2.28. The molecule has 0 bridgehead atoms. The first kappa shape index (κ1) is 40.1. The third-order valence-corrected chi connectivity index (χ3v) is 10.4. The molecule has 0 N–H and O–H groups in total. The fourth-order valence-corrected chi connectivity index (χ4v) is 8.08. The van der Waals surface area contributed by atoms with Crippen molar-refractivity contribution >= 4 is 56.9 Å². The number of hydrogen-bond acceptors (Lipinski definition) is 6. The van der Waals surface area contributed by atoms with Gasteiger partial charge in [0.25, 0.3) is 0 Å². The molecule has 0 aliphatic carbocycles. The Bertz CT molecular complexity index is 2240. The van der Waals surface area contributed by atoms with E-state index in [0.29, 0.717) is 67.7 Å². The fourth-order valence-electron chi connectivity index (χ4n) is 7.71. The second kappa shape index (κ2) is 17.1. The average molecular weight is 792 g/mol. The van der Waals surface area contributed by atoms with E-state index >= 15 is 0 Å². The number of rotatable bonds is 13. The van der Waals surface area contributed by atoms with Crippen molar-refractivity contribution in [3.05, 3.63) is 94.2 Å². The topological polar surface area (TPSA) is 87.8 Å². The van der Waals surface area contributed by atoms with Gasteiger partial charge >= 0.3 is 12.1 Å². The maximum absolute atomic E-state index is 14.0. The summed E-state index contributed by atoms with van der Waals surface area (Å²) in [5.41, 5.74) is 4.64. The number of carbonyl (C=O) groups excluding carboxylic acids is 2. The molecule has 1 saturated heterocycles. The molecule has 1 aliphatic heterocycles. The highest BCUT2D eigenvalue weighted by molar-refractivity contribution is 6.35. The van der Waals surface area contributed by atoms with Gasteiger partial charge in [0.1, 0.15) is 22.9 Å². The van der Waals surface area contributed by atoms with Gasteiger partial charge in [0.2, 0.25) is 0 Å². The summed E-state index contributed by atoms with van der Waals surface area (Å²) in [5.74, 6) is 0.220. The van der Waals surface area contributed by atoms with Gasteiger partial charge in [-0.15, -0.1) is 11.6 Å². The van der Waals surface area contributed by atoms with Crippen molar-refractivity contribution in [2.45, 2.75) is 84.9 Å². The number of nitrogens with zero attached hydrogens (tertiary/aromatic N) is 4. The Morgan fingerprint density at radius 2 is 1.84 bits per heavy atom. The van der Waals surface area contributed by atoms with Gasteiger partial charge < -0.3 is 18.8 Å². The van der Waals surface area contributed by atoms with E-state index in [9.17, 15) is 14.0 Å². The van der Waals surface area contributed by atoms with Crippen LogP contribution in [0.4, 0.5) is 9.18 Å². The Hall–Kier alpha value is -4.54. The van der Waals surface area contributed by atoms with E-state index in [1.54, 1.807) is 17.9 Å². The zero-order valence-electron chi connectivity index (χ0n) is 32.4. The van der Waals surface area contributed by atoms with Crippen LogP contribution in [0.3, 0.4) is 0 Å². The van der Waals surface area contributed by atoms with Crippen LogP contribution in [0, 0.1) is 5.82 Å². The first-order valence-electron chi connectivity index (χ1n) is 19.0. The van der Waals surface area contributed by atoms with Crippen LogP contribution in [0.5, 0.6) is 5.75 Å². The SMILES string of the molecule is CCOC(=O)c1c(CCCOc2cccc3cc(F)ccc23)c2ccc(Cl)c(-c3c(C4CCCN4C(=O)OC(C)(C)C)nn(C)c3CC)c2n1C/C=C\CCl. The maximum atomic E-state index is 14.0. The fraction of sp³-hybridized carbons (Fsp3) is 0.419. The molecule has 1 aliphatic rings. The molecule has 1 atom stereocenters. The molecule has 1 fully saturated rings. The van der Waals surface area contributed by atoms with E-state index in [2.05, 4.69) is 6.92 Å². The van der Waals surface area contributed by atoms with Gasteiger partial charge in [0.05, 0.1) is 35.5 Å². The lowest BCUT2D eigenvalue weighted by atomic mass is 9.94. The molecule has 3 heterocycles. The monoisotopic (exact) mass is 790 g/mol. The van der Waals surface area contributed by atoms with Crippen LogP contribution in [0.2, 0.25) is 5.02 Å². The van der Waals surface area contributed by atoms with Crippen molar-refractivity contribution < 1.29 is 28.2 Å². The maximum Gasteiger partial charge on any atom is 0.410 e. The van der Waals surface area contributed by atoms with Crippen molar-refractivity contribution in [1.29, 1.82) is 0 Å². The summed E-state index contributed by atoms with van der Waals surface area (Å²) in [5, 5.41) is 8.00. The first-order valence-corrected chi connectivity index (χ1v) is 19.9. The number of allylic oxidation sites excluding steroid dienone is 2. The number of fused-ring (bicyclic) bond motifs is 2. The predicted molar refractivity (Wildman–Crippen MR) is 217 cm³/mol. The number of carbonyl (C=O) groups is 2. The van der Waals surface area contributed by atoms with Gasteiger partial charge in [-0.25, -0.2) is 14.0 Å². The molecule has 5 aromatic rings. The van der Waals surface area contributed by atoms with E-state index in [1.165, 1.54) is 12.1 Å². The van der Waals surface area contributed by atoms with Gasteiger partial charge in [-0.1, -0.05) is 48.9 Å². The smallest absolute Gasteiger partial charge is 0.410 e. The number of aromatic nitrogens is 3. The second-order valence-corrected chi connectivity index (χ2v) is 15.4. The Morgan fingerprint density at radius 1 is 1.05 bits per heavy atom. The van der Waals surface area contributed by atoms with E-state index in [-0.39, 0.29) is 24.6 Å². The van der Waals surface area contributed by atoms with Crippen LogP contribution < -0.4 is 4.74 Å². The number of esters is 1. The van der Waals surface area contributed by atoms with Gasteiger partial charge in [-0.3, -0.25) is 9.58 Å². The molecule has 1 amide bonds. The largest absolute Gasteiger partial charge is 0.493 e. The zero-order chi connectivity index (χ0) is 39.4. The van der Waals surface area contributed by atoms with Crippen LogP contribution in [0.25, 0.3) is 32.8 Å². The molecule has 9 nitrogen and oxygen atoms in total. The first-order chi connectivity index (χ1) is 26.4. The Balaban J connectivity index is 1.49. The molecule has 292 valence electrons. The zero-order valence-corrected chi connectivity index (χ0v) is 33.9. The van der Waals surface area contributed by atoms with Gasteiger partial charge in [-0.2, -0.15) is 5.10 Å². The number of halogens is 3. The van der Waals surface area contributed by atoms with Gasteiger partial charge in [0.15, 0.2) is 0 Å². The van der Waals surface area contributed by atoms with E-state index in [0.717, 1.165) is 56.2 Å². The minimum absolute atomic E-state index is 0.199. The summed E-state index contributed by atoms with van der Waals surface area (Å²) in [6, 6.07) is 13.7. The summed E-state index contributed by atoms with van der Waals surface area (Å²) in [6.45, 7) is 10.9. The molecule has 0 spiro atoms. The highest BCUT2D eigenvalue weighted by atomic mass is 35.5. The van der Waals surface area contributed by atoms with Crippen molar-refractivity contribution in [1.82, 2.24) is 19.2 Å². The molecule has 0 radical (unpaired) electrons. The van der Waals surface area contributed by atoms with Crippen molar-refractivity contribution in [3.63, 3.8) is 0 Å². The number of aryl methyl sites for hydroxylation is 2. The Kier molecular flexibility index (Phi) is 12.5. The van der Waals surface area contributed by atoms with Crippen molar-refractivity contribution in [2.75, 3.05) is 25.6 Å². The summed E-state index contributed by atoms with van der Waals surface area (Å²) < 4.78 is 35.6. The molecular weight excluding hydrogens is 742 g/mol. The normalized spacial score (nSPS) is 14.8. The molecular formula is C43H49Cl2FN4O5. The Labute approximate surface area is 331 Å². The minimum atomic E-state index is -0.655. The Morgan fingerprint density at radius 3 is 2.56 bits per heavy atom. The van der Waals surface area contributed by atoms with Crippen LogP contribution >= 0.6 is 23.2 Å². The summed E-state index contributed by atoms with van der Waals surface area (Å²) in [6.07, 6.45) is 6.62. The minimum Gasteiger partial charge on any atom is -0.493 e.